The Morgan fingerprint density at radius 1 is 0.769 bits per heavy atom. The molecule has 0 amide bonds. The number of benzene rings is 3. The Bertz CT molecular complexity index is 1340. The van der Waals surface area contributed by atoms with E-state index in [1.54, 1.807) is 13.0 Å². The summed E-state index contributed by atoms with van der Waals surface area (Å²) in [6.07, 6.45) is 4.86. The van der Waals surface area contributed by atoms with Gasteiger partial charge in [-0.25, -0.2) is 13.2 Å². The zero-order valence-electron chi connectivity index (χ0n) is 22.0. The fraction of sp³-hybridized carbons (Fsp3) is 0.355. The summed E-state index contributed by atoms with van der Waals surface area (Å²) in [7, 11) is 0. The average molecular weight is 547 g/mol. The molecular formula is C31H31F5O3. The van der Waals surface area contributed by atoms with E-state index in [2.05, 4.69) is 0 Å². The minimum atomic E-state index is -1.18. The summed E-state index contributed by atoms with van der Waals surface area (Å²) in [6, 6.07) is 9.77. The Labute approximate surface area is 225 Å². The van der Waals surface area contributed by atoms with Gasteiger partial charge in [0.25, 0.3) is 0 Å². The van der Waals surface area contributed by atoms with E-state index in [4.69, 9.17) is 14.2 Å². The molecule has 0 heterocycles. The molecular weight excluding hydrogens is 515 g/mol. The van der Waals surface area contributed by atoms with Crippen LogP contribution in [-0.2, 0) is 11.3 Å². The van der Waals surface area contributed by atoms with E-state index in [0.717, 1.165) is 12.8 Å². The standard InChI is InChI=1S/C31H31F5O3/c1-3-5-16-38-27-14-12-22(28(33)31(27)36)20-7-9-21(10-8-20)39-18-19-6-11-23(25(32)17-19)24-13-15-26(37-4-2)30(35)29(24)34/h6-7,11-15,17,21H,3-5,8-10,16,18H2,1-2H3. The van der Waals surface area contributed by atoms with Gasteiger partial charge in [0.2, 0.25) is 11.6 Å². The zero-order valence-corrected chi connectivity index (χ0v) is 22.0. The summed E-state index contributed by atoms with van der Waals surface area (Å²) < 4.78 is 89.0. The highest BCUT2D eigenvalue weighted by Crippen LogP contribution is 2.35. The Hall–Kier alpha value is -3.39. The van der Waals surface area contributed by atoms with Gasteiger partial charge in [-0.15, -0.1) is 0 Å². The molecule has 1 aliphatic carbocycles. The predicted molar refractivity (Wildman–Crippen MR) is 140 cm³/mol. The third-order valence-corrected chi connectivity index (χ3v) is 6.67. The number of hydrogen-bond donors (Lipinski definition) is 0. The van der Waals surface area contributed by atoms with Gasteiger partial charge >= 0.3 is 0 Å². The van der Waals surface area contributed by atoms with Crippen LogP contribution in [0.3, 0.4) is 0 Å². The minimum absolute atomic E-state index is 0.0699. The SMILES string of the molecule is CCCCOc1ccc(C2=CCC(OCc3ccc(-c4ccc(OCC)c(F)c4F)c(F)c3)CC2)c(F)c1F. The second kappa shape index (κ2) is 13.1. The maximum atomic E-state index is 14.8. The van der Waals surface area contributed by atoms with Gasteiger partial charge in [-0.3, -0.25) is 0 Å². The van der Waals surface area contributed by atoms with Crippen molar-refractivity contribution < 1.29 is 36.2 Å². The van der Waals surface area contributed by atoms with Gasteiger partial charge in [-0.05, 0) is 74.1 Å². The minimum Gasteiger partial charge on any atom is -0.491 e. The summed E-state index contributed by atoms with van der Waals surface area (Å²) in [6.45, 7) is 4.25. The van der Waals surface area contributed by atoms with Crippen molar-refractivity contribution in [3.05, 3.63) is 88.8 Å². The molecule has 4 rings (SSSR count). The van der Waals surface area contributed by atoms with Crippen molar-refractivity contribution in [1.29, 1.82) is 0 Å². The molecule has 1 unspecified atom stereocenters. The van der Waals surface area contributed by atoms with Crippen LogP contribution in [0.1, 0.15) is 57.1 Å². The maximum Gasteiger partial charge on any atom is 0.201 e. The van der Waals surface area contributed by atoms with E-state index < -0.39 is 29.1 Å². The van der Waals surface area contributed by atoms with Gasteiger partial charge in [0.05, 0.1) is 25.9 Å². The van der Waals surface area contributed by atoms with Crippen LogP contribution in [-0.4, -0.2) is 19.3 Å². The largest absolute Gasteiger partial charge is 0.491 e. The molecule has 3 nitrogen and oxygen atoms in total. The van der Waals surface area contributed by atoms with E-state index in [9.17, 15) is 22.0 Å². The van der Waals surface area contributed by atoms with E-state index >= 15 is 0 Å². The number of ether oxygens (including phenoxy) is 3. The molecule has 0 bridgehead atoms. The zero-order chi connectivity index (χ0) is 27.9. The number of unbranched alkanes of at least 4 members (excludes halogenated alkanes) is 1. The van der Waals surface area contributed by atoms with E-state index in [1.807, 2.05) is 13.0 Å². The molecule has 0 fully saturated rings. The van der Waals surface area contributed by atoms with Gasteiger partial charge in [0, 0.05) is 16.7 Å². The molecule has 1 aliphatic rings. The van der Waals surface area contributed by atoms with Gasteiger partial charge in [0.15, 0.2) is 23.1 Å². The summed E-state index contributed by atoms with van der Waals surface area (Å²) in [5.74, 6) is -5.27. The van der Waals surface area contributed by atoms with Crippen molar-refractivity contribution in [2.45, 2.75) is 58.7 Å². The van der Waals surface area contributed by atoms with Crippen LogP contribution in [0, 0.1) is 29.1 Å². The first-order valence-corrected chi connectivity index (χ1v) is 13.1. The summed E-state index contributed by atoms with van der Waals surface area (Å²) >= 11 is 0. The molecule has 3 aromatic carbocycles. The molecule has 208 valence electrons. The molecule has 0 N–H and O–H groups in total. The highest BCUT2D eigenvalue weighted by atomic mass is 19.2. The van der Waals surface area contributed by atoms with Gasteiger partial charge in [-0.2, -0.15) is 8.78 Å². The smallest absolute Gasteiger partial charge is 0.201 e. The first-order valence-electron chi connectivity index (χ1n) is 13.1. The van der Waals surface area contributed by atoms with Gasteiger partial charge < -0.3 is 14.2 Å². The third-order valence-electron chi connectivity index (χ3n) is 6.67. The lowest BCUT2D eigenvalue weighted by molar-refractivity contribution is 0.0358. The molecule has 39 heavy (non-hydrogen) atoms. The lowest BCUT2D eigenvalue weighted by Crippen LogP contribution is -2.16. The summed E-state index contributed by atoms with van der Waals surface area (Å²) in [5.41, 5.74) is 1.18. The number of rotatable bonds is 11. The van der Waals surface area contributed by atoms with Crippen LogP contribution in [0.4, 0.5) is 22.0 Å². The maximum absolute atomic E-state index is 14.8. The van der Waals surface area contributed by atoms with Crippen molar-refractivity contribution >= 4 is 5.57 Å². The van der Waals surface area contributed by atoms with Crippen LogP contribution in [0.25, 0.3) is 16.7 Å². The van der Waals surface area contributed by atoms with Crippen molar-refractivity contribution in [3.8, 4) is 22.6 Å². The second-order valence-corrected chi connectivity index (χ2v) is 9.36. The molecule has 0 aliphatic heterocycles. The topological polar surface area (TPSA) is 27.7 Å². The van der Waals surface area contributed by atoms with Crippen molar-refractivity contribution in [1.82, 2.24) is 0 Å². The van der Waals surface area contributed by atoms with Gasteiger partial charge in [0.1, 0.15) is 5.82 Å². The van der Waals surface area contributed by atoms with E-state index in [1.165, 1.54) is 36.4 Å². The lowest BCUT2D eigenvalue weighted by atomic mass is 9.91. The van der Waals surface area contributed by atoms with E-state index in [-0.39, 0.29) is 47.5 Å². The number of hydrogen-bond acceptors (Lipinski definition) is 3. The third kappa shape index (κ3) is 6.61. The van der Waals surface area contributed by atoms with Gasteiger partial charge in [-0.1, -0.05) is 31.6 Å². The van der Waals surface area contributed by atoms with Crippen molar-refractivity contribution in [2.75, 3.05) is 13.2 Å². The van der Waals surface area contributed by atoms with E-state index in [0.29, 0.717) is 37.0 Å². The number of halogens is 5. The molecule has 0 radical (unpaired) electrons. The highest BCUT2D eigenvalue weighted by molar-refractivity contribution is 5.68. The monoisotopic (exact) mass is 546 g/mol. The second-order valence-electron chi connectivity index (χ2n) is 9.36. The van der Waals surface area contributed by atoms with Crippen LogP contribution < -0.4 is 9.47 Å². The van der Waals surface area contributed by atoms with Crippen LogP contribution in [0.2, 0.25) is 0 Å². The Morgan fingerprint density at radius 3 is 2.08 bits per heavy atom. The molecule has 3 aromatic rings. The Morgan fingerprint density at radius 2 is 1.44 bits per heavy atom. The quantitative estimate of drug-likeness (QED) is 0.178. The fourth-order valence-electron chi connectivity index (χ4n) is 4.51. The average Bonchev–Trinajstić information content (AvgIpc) is 2.94. The predicted octanol–water partition coefficient (Wildman–Crippen LogP) is 8.78. The van der Waals surface area contributed by atoms with Crippen LogP contribution >= 0.6 is 0 Å². The van der Waals surface area contributed by atoms with Crippen LogP contribution in [0.5, 0.6) is 11.5 Å². The number of allylic oxidation sites excluding steroid dienone is 1. The molecule has 1 atom stereocenters. The fourth-order valence-corrected chi connectivity index (χ4v) is 4.51. The highest BCUT2D eigenvalue weighted by Gasteiger charge is 2.22. The van der Waals surface area contributed by atoms with Crippen molar-refractivity contribution in [2.24, 2.45) is 0 Å². The summed E-state index contributed by atoms with van der Waals surface area (Å²) in [5, 5.41) is 0. The Balaban J connectivity index is 1.37. The molecule has 0 saturated carbocycles. The normalized spacial score (nSPS) is 15.3. The first kappa shape index (κ1) is 28.6. The summed E-state index contributed by atoms with van der Waals surface area (Å²) in [4.78, 5) is 0. The van der Waals surface area contributed by atoms with Crippen molar-refractivity contribution in [3.63, 3.8) is 0 Å². The first-order chi connectivity index (χ1) is 18.8. The Kier molecular flexibility index (Phi) is 9.62. The van der Waals surface area contributed by atoms with Crippen LogP contribution in [0.15, 0.2) is 48.5 Å². The molecule has 0 spiro atoms. The lowest BCUT2D eigenvalue weighted by Gasteiger charge is -2.23. The molecule has 0 aromatic heterocycles. The molecule has 8 heteroatoms. The molecule has 0 saturated heterocycles.